The van der Waals surface area contributed by atoms with E-state index in [1.165, 1.54) is 0 Å². The van der Waals surface area contributed by atoms with Crippen molar-refractivity contribution in [3.05, 3.63) is 29.8 Å². The Kier molecular flexibility index (Phi) is 6.22. The van der Waals surface area contributed by atoms with Crippen LogP contribution in [0.1, 0.15) is 31.9 Å². The van der Waals surface area contributed by atoms with E-state index in [1.54, 1.807) is 7.11 Å². The maximum atomic E-state index is 11.3. The molecule has 0 saturated heterocycles. The minimum absolute atomic E-state index is 0.0860. The molecule has 0 saturated carbocycles. The van der Waals surface area contributed by atoms with Gasteiger partial charge in [0.2, 0.25) is 5.91 Å². The van der Waals surface area contributed by atoms with E-state index in [2.05, 4.69) is 17.6 Å². The van der Waals surface area contributed by atoms with Gasteiger partial charge in [0, 0.05) is 25.6 Å². The third-order valence-corrected chi connectivity index (χ3v) is 2.77. The minimum Gasteiger partial charge on any atom is -0.497 e. The number of carbonyl (C=O) groups is 1. The van der Waals surface area contributed by atoms with E-state index in [-0.39, 0.29) is 11.9 Å². The molecular weight excluding hydrogens is 228 g/mol. The van der Waals surface area contributed by atoms with Gasteiger partial charge in [-0.15, -0.1) is 0 Å². The third-order valence-electron chi connectivity index (χ3n) is 2.77. The smallest absolute Gasteiger partial charge is 0.221 e. The second-order valence-corrected chi connectivity index (χ2v) is 4.16. The van der Waals surface area contributed by atoms with Gasteiger partial charge in [0.1, 0.15) is 5.75 Å². The normalized spacial score (nSPS) is 11.9. The van der Waals surface area contributed by atoms with Crippen LogP contribution in [0.4, 0.5) is 0 Å². The topological polar surface area (TPSA) is 50.4 Å². The fourth-order valence-corrected chi connectivity index (χ4v) is 1.72. The SMILES string of the molecule is CCNC(=O)CCN[C@@H](C)c1cccc(OC)c1. The summed E-state index contributed by atoms with van der Waals surface area (Å²) in [6.07, 6.45) is 0.502. The van der Waals surface area contributed by atoms with Crippen molar-refractivity contribution in [1.29, 1.82) is 0 Å². The Bertz CT molecular complexity index is 380. The highest BCUT2D eigenvalue weighted by Gasteiger charge is 2.06. The number of carbonyl (C=O) groups excluding carboxylic acids is 1. The number of rotatable bonds is 7. The number of amides is 1. The Morgan fingerprint density at radius 2 is 2.22 bits per heavy atom. The summed E-state index contributed by atoms with van der Waals surface area (Å²) in [6.45, 7) is 5.35. The zero-order valence-corrected chi connectivity index (χ0v) is 11.3. The molecular formula is C14H22N2O2. The lowest BCUT2D eigenvalue weighted by Crippen LogP contribution is -2.28. The number of nitrogens with one attached hydrogen (secondary N) is 2. The first-order chi connectivity index (χ1) is 8.67. The molecule has 2 N–H and O–H groups in total. The highest BCUT2D eigenvalue weighted by atomic mass is 16.5. The molecule has 0 heterocycles. The van der Waals surface area contributed by atoms with Crippen molar-refractivity contribution < 1.29 is 9.53 Å². The van der Waals surface area contributed by atoms with Gasteiger partial charge in [-0.2, -0.15) is 0 Å². The minimum atomic E-state index is 0.0860. The number of benzene rings is 1. The largest absolute Gasteiger partial charge is 0.497 e. The van der Waals surface area contributed by atoms with Crippen LogP contribution in [0, 0.1) is 0 Å². The van der Waals surface area contributed by atoms with E-state index in [4.69, 9.17) is 4.74 Å². The monoisotopic (exact) mass is 250 g/mol. The molecule has 0 aliphatic rings. The van der Waals surface area contributed by atoms with Crippen molar-refractivity contribution in [3.8, 4) is 5.75 Å². The predicted octanol–water partition coefficient (Wildman–Crippen LogP) is 1.87. The zero-order chi connectivity index (χ0) is 13.4. The molecule has 0 aromatic heterocycles. The predicted molar refractivity (Wildman–Crippen MR) is 72.7 cm³/mol. The van der Waals surface area contributed by atoms with E-state index in [0.717, 1.165) is 11.3 Å². The molecule has 1 rings (SSSR count). The van der Waals surface area contributed by atoms with Gasteiger partial charge >= 0.3 is 0 Å². The lowest BCUT2D eigenvalue weighted by Gasteiger charge is -2.14. The van der Waals surface area contributed by atoms with E-state index in [0.29, 0.717) is 19.5 Å². The summed E-state index contributed by atoms with van der Waals surface area (Å²) < 4.78 is 5.19. The van der Waals surface area contributed by atoms with Crippen molar-refractivity contribution >= 4 is 5.91 Å². The molecule has 0 aliphatic heterocycles. The average molecular weight is 250 g/mol. The molecule has 0 fully saturated rings. The van der Waals surface area contributed by atoms with Crippen LogP contribution in [0.5, 0.6) is 5.75 Å². The van der Waals surface area contributed by atoms with Crippen LogP contribution in [-0.4, -0.2) is 26.1 Å². The van der Waals surface area contributed by atoms with Crippen molar-refractivity contribution in [1.82, 2.24) is 10.6 Å². The first-order valence-corrected chi connectivity index (χ1v) is 6.31. The van der Waals surface area contributed by atoms with Crippen LogP contribution >= 0.6 is 0 Å². The van der Waals surface area contributed by atoms with Gasteiger partial charge in [-0.1, -0.05) is 12.1 Å². The number of hydrogen-bond donors (Lipinski definition) is 2. The Morgan fingerprint density at radius 1 is 1.44 bits per heavy atom. The molecule has 0 unspecified atom stereocenters. The molecule has 1 aromatic carbocycles. The highest BCUT2D eigenvalue weighted by Crippen LogP contribution is 2.18. The first kappa shape index (κ1) is 14.5. The first-order valence-electron chi connectivity index (χ1n) is 6.31. The summed E-state index contributed by atoms with van der Waals surface area (Å²) in [5.74, 6) is 0.938. The van der Waals surface area contributed by atoms with Gasteiger partial charge in [-0.25, -0.2) is 0 Å². The summed E-state index contributed by atoms with van der Waals surface area (Å²) >= 11 is 0. The van der Waals surface area contributed by atoms with Crippen molar-refractivity contribution in [3.63, 3.8) is 0 Å². The second-order valence-electron chi connectivity index (χ2n) is 4.16. The third kappa shape index (κ3) is 4.75. The summed E-state index contributed by atoms with van der Waals surface area (Å²) in [7, 11) is 1.66. The van der Waals surface area contributed by atoms with E-state index < -0.39 is 0 Å². The number of hydrogen-bond acceptors (Lipinski definition) is 3. The maximum Gasteiger partial charge on any atom is 0.221 e. The van der Waals surface area contributed by atoms with Crippen LogP contribution < -0.4 is 15.4 Å². The van der Waals surface area contributed by atoms with Gasteiger partial charge in [-0.3, -0.25) is 4.79 Å². The lowest BCUT2D eigenvalue weighted by molar-refractivity contribution is -0.120. The standard InChI is InChI=1S/C14H22N2O2/c1-4-15-14(17)8-9-16-11(2)12-6-5-7-13(10-12)18-3/h5-7,10-11,16H,4,8-9H2,1-3H3,(H,15,17)/t11-/m0/s1. The lowest BCUT2D eigenvalue weighted by atomic mass is 10.1. The van der Waals surface area contributed by atoms with Crippen molar-refractivity contribution in [2.45, 2.75) is 26.3 Å². The number of methoxy groups -OCH3 is 1. The van der Waals surface area contributed by atoms with Crippen LogP contribution in [0.2, 0.25) is 0 Å². The van der Waals surface area contributed by atoms with Crippen molar-refractivity contribution in [2.24, 2.45) is 0 Å². The van der Waals surface area contributed by atoms with Crippen LogP contribution in [-0.2, 0) is 4.79 Å². The molecule has 1 aromatic rings. The van der Waals surface area contributed by atoms with Crippen molar-refractivity contribution in [2.75, 3.05) is 20.2 Å². The Labute approximate surface area is 109 Å². The van der Waals surface area contributed by atoms with Gasteiger partial charge in [-0.05, 0) is 31.5 Å². The van der Waals surface area contributed by atoms with E-state index >= 15 is 0 Å². The highest BCUT2D eigenvalue weighted by molar-refractivity contribution is 5.75. The van der Waals surface area contributed by atoms with Crippen LogP contribution in [0.15, 0.2) is 24.3 Å². The average Bonchev–Trinajstić information content (AvgIpc) is 2.39. The molecule has 4 nitrogen and oxygen atoms in total. The number of ether oxygens (including phenoxy) is 1. The molecule has 1 atom stereocenters. The Morgan fingerprint density at radius 3 is 2.89 bits per heavy atom. The fourth-order valence-electron chi connectivity index (χ4n) is 1.72. The Hall–Kier alpha value is -1.55. The summed E-state index contributed by atoms with van der Waals surface area (Å²) in [5, 5.41) is 6.10. The maximum absolute atomic E-state index is 11.3. The molecule has 4 heteroatoms. The van der Waals surface area contributed by atoms with Gasteiger partial charge in [0.25, 0.3) is 0 Å². The molecule has 0 radical (unpaired) electrons. The second kappa shape index (κ2) is 7.71. The van der Waals surface area contributed by atoms with Crippen LogP contribution in [0.3, 0.4) is 0 Å². The molecule has 1 amide bonds. The molecule has 0 bridgehead atoms. The fraction of sp³-hybridized carbons (Fsp3) is 0.500. The van der Waals surface area contributed by atoms with Gasteiger partial charge in [0.15, 0.2) is 0 Å². The summed E-state index contributed by atoms with van der Waals surface area (Å²) in [5.41, 5.74) is 1.16. The van der Waals surface area contributed by atoms with Gasteiger partial charge in [0.05, 0.1) is 7.11 Å². The van der Waals surface area contributed by atoms with Crippen LogP contribution in [0.25, 0.3) is 0 Å². The Balaban J connectivity index is 2.40. The molecule has 0 spiro atoms. The summed E-state index contributed by atoms with van der Waals surface area (Å²) in [4.78, 5) is 11.3. The molecule has 18 heavy (non-hydrogen) atoms. The van der Waals surface area contributed by atoms with Gasteiger partial charge < -0.3 is 15.4 Å². The zero-order valence-electron chi connectivity index (χ0n) is 11.3. The quantitative estimate of drug-likeness (QED) is 0.776. The van der Waals surface area contributed by atoms with E-state index in [1.807, 2.05) is 31.2 Å². The molecule has 0 aliphatic carbocycles. The van der Waals surface area contributed by atoms with E-state index in [9.17, 15) is 4.79 Å². The molecule has 100 valence electrons. The summed E-state index contributed by atoms with van der Waals surface area (Å²) in [6, 6.07) is 8.14.